The first-order valence-electron chi connectivity index (χ1n) is 9.82. The number of nitrogens with one attached hydrogen (secondary N) is 2. The van der Waals surface area contributed by atoms with Gasteiger partial charge in [0.1, 0.15) is 0 Å². The molecule has 2 N–H and O–H groups in total. The number of amides is 2. The molecular formula is C20H24N4O4S. The molecule has 1 aliphatic carbocycles. The Morgan fingerprint density at radius 1 is 1.14 bits per heavy atom. The van der Waals surface area contributed by atoms with E-state index in [2.05, 4.69) is 15.7 Å². The van der Waals surface area contributed by atoms with Gasteiger partial charge in [0.05, 0.1) is 17.5 Å². The fraction of sp³-hybridized carbons (Fsp3) is 0.450. The lowest BCUT2D eigenvalue weighted by molar-refractivity contribution is -0.114. The molecule has 4 rings (SSSR count). The van der Waals surface area contributed by atoms with Crippen LogP contribution in [-0.2, 0) is 27.5 Å². The van der Waals surface area contributed by atoms with Crippen molar-refractivity contribution in [3.05, 3.63) is 41.2 Å². The van der Waals surface area contributed by atoms with Crippen LogP contribution in [0.3, 0.4) is 0 Å². The molecular weight excluding hydrogens is 392 g/mol. The van der Waals surface area contributed by atoms with Gasteiger partial charge in [-0.3, -0.25) is 14.3 Å². The fourth-order valence-corrected chi connectivity index (χ4v) is 5.84. The van der Waals surface area contributed by atoms with E-state index >= 15 is 0 Å². The molecule has 1 unspecified atom stereocenters. The van der Waals surface area contributed by atoms with E-state index < -0.39 is 9.84 Å². The highest BCUT2D eigenvalue weighted by Crippen LogP contribution is 2.31. The van der Waals surface area contributed by atoms with Crippen LogP contribution in [-0.4, -0.2) is 41.5 Å². The Morgan fingerprint density at radius 3 is 2.55 bits per heavy atom. The zero-order valence-corrected chi connectivity index (χ0v) is 17.1. The van der Waals surface area contributed by atoms with Gasteiger partial charge >= 0.3 is 0 Å². The molecule has 8 nitrogen and oxygen atoms in total. The molecule has 1 aliphatic heterocycles. The Morgan fingerprint density at radius 2 is 1.86 bits per heavy atom. The minimum Gasteiger partial charge on any atom is -0.326 e. The normalized spacial score (nSPS) is 20.1. The molecule has 1 atom stereocenters. The van der Waals surface area contributed by atoms with Crippen LogP contribution < -0.4 is 10.6 Å². The fourth-order valence-electron chi connectivity index (χ4n) is 4.15. The smallest absolute Gasteiger partial charge is 0.276 e. The lowest BCUT2D eigenvalue weighted by atomic mass is 9.95. The topological polar surface area (TPSA) is 110 Å². The van der Waals surface area contributed by atoms with Crippen molar-refractivity contribution < 1.29 is 18.0 Å². The molecule has 2 heterocycles. The lowest BCUT2D eigenvalue weighted by Gasteiger charge is -2.17. The number of carbonyl (C=O) groups is 2. The summed E-state index contributed by atoms with van der Waals surface area (Å²) >= 11 is 0. The van der Waals surface area contributed by atoms with E-state index in [9.17, 15) is 18.0 Å². The van der Waals surface area contributed by atoms with Crippen molar-refractivity contribution in [3.63, 3.8) is 0 Å². The molecule has 9 heteroatoms. The number of hydrogen-bond donors (Lipinski definition) is 2. The largest absolute Gasteiger partial charge is 0.326 e. The van der Waals surface area contributed by atoms with Gasteiger partial charge in [-0.1, -0.05) is 6.07 Å². The van der Waals surface area contributed by atoms with Gasteiger partial charge in [0.15, 0.2) is 15.5 Å². The molecule has 0 radical (unpaired) electrons. The quantitative estimate of drug-likeness (QED) is 0.795. The monoisotopic (exact) mass is 416 g/mol. The summed E-state index contributed by atoms with van der Waals surface area (Å²) in [5, 5.41) is 10.1. The number of sulfone groups is 1. The van der Waals surface area contributed by atoms with Crippen molar-refractivity contribution >= 4 is 33.0 Å². The highest BCUT2D eigenvalue weighted by Gasteiger charge is 2.34. The minimum atomic E-state index is -3.04. The summed E-state index contributed by atoms with van der Waals surface area (Å²) in [5.41, 5.74) is 3.45. The summed E-state index contributed by atoms with van der Waals surface area (Å²) in [6, 6.07) is 6.73. The summed E-state index contributed by atoms with van der Waals surface area (Å²) < 4.78 is 25.6. The summed E-state index contributed by atoms with van der Waals surface area (Å²) in [6.07, 6.45) is 4.11. The van der Waals surface area contributed by atoms with Crippen LogP contribution in [0.25, 0.3) is 0 Å². The van der Waals surface area contributed by atoms with Crippen LogP contribution >= 0.6 is 0 Å². The van der Waals surface area contributed by atoms with Gasteiger partial charge in [-0.05, 0) is 50.3 Å². The molecule has 2 aromatic rings. The van der Waals surface area contributed by atoms with E-state index in [4.69, 9.17) is 0 Å². The van der Waals surface area contributed by atoms with Gasteiger partial charge in [-0.2, -0.15) is 5.10 Å². The predicted molar refractivity (Wildman–Crippen MR) is 110 cm³/mol. The summed E-state index contributed by atoms with van der Waals surface area (Å²) in [6.45, 7) is 1.42. The van der Waals surface area contributed by atoms with E-state index in [-0.39, 0.29) is 29.4 Å². The zero-order chi connectivity index (χ0) is 20.6. The first-order chi connectivity index (χ1) is 13.8. The second-order valence-electron chi connectivity index (χ2n) is 7.70. The van der Waals surface area contributed by atoms with Gasteiger partial charge in [-0.25, -0.2) is 8.42 Å². The molecule has 1 fully saturated rings. The Labute approximate surface area is 169 Å². The molecule has 1 aromatic heterocycles. The van der Waals surface area contributed by atoms with Crippen LogP contribution in [0.1, 0.15) is 54.0 Å². The van der Waals surface area contributed by atoms with E-state index in [0.29, 0.717) is 23.5 Å². The van der Waals surface area contributed by atoms with Gasteiger partial charge < -0.3 is 10.6 Å². The van der Waals surface area contributed by atoms with Crippen molar-refractivity contribution in [1.29, 1.82) is 0 Å². The number of benzene rings is 1. The van der Waals surface area contributed by atoms with E-state index in [1.54, 1.807) is 28.9 Å². The van der Waals surface area contributed by atoms with Crippen LogP contribution in [0.15, 0.2) is 24.3 Å². The van der Waals surface area contributed by atoms with E-state index in [0.717, 1.165) is 36.9 Å². The molecule has 2 aliphatic rings. The summed E-state index contributed by atoms with van der Waals surface area (Å²) in [5.74, 6) is -0.249. The molecule has 1 aromatic carbocycles. The number of hydrogen-bond acceptors (Lipinski definition) is 5. The van der Waals surface area contributed by atoms with Crippen LogP contribution in [0, 0.1) is 0 Å². The maximum absolute atomic E-state index is 13.0. The number of nitrogens with zero attached hydrogens (tertiary/aromatic N) is 2. The molecule has 154 valence electrons. The minimum absolute atomic E-state index is 0.0843. The molecule has 1 saturated heterocycles. The average molecular weight is 417 g/mol. The van der Waals surface area contributed by atoms with Gasteiger partial charge in [0.2, 0.25) is 5.91 Å². The third-order valence-corrected chi connectivity index (χ3v) is 7.17. The second kappa shape index (κ2) is 7.62. The molecule has 0 bridgehead atoms. The maximum Gasteiger partial charge on any atom is 0.276 e. The van der Waals surface area contributed by atoms with E-state index in [1.165, 1.54) is 6.92 Å². The summed E-state index contributed by atoms with van der Waals surface area (Å²) in [4.78, 5) is 24.2. The number of rotatable bonds is 4. The van der Waals surface area contributed by atoms with Crippen LogP contribution in [0.2, 0.25) is 0 Å². The third kappa shape index (κ3) is 4.19. The number of fused-ring (bicyclic) bond motifs is 1. The Hall–Kier alpha value is -2.68. The Balaban J connectivity index is 1.61. The van der Waals surface area contributed by atoms with Crippen molar-refractivity contribution in [2.75, 3.05) is 22.1 Å². The van der Waals surface area contributed by atoms with Gasteiger partial charge in [-0.15, -0.1) is 0 Å². The lowest BCUT2D eigenvalue weighted by Crippen LogP contribution is -2.17. The predicted octanol–water partition coefficient (Wildman–Crippen LogP) is 2.33. The molecule has 0 spiro atoms. The van der Waals surface area contributed by atoms with Crippen molar-refractivity contribution in [2.24, 2.45) is 0 Å². The van der Waals surface area contributed by atoms with E-state index in [1.807, 2.05) is 0 Å². The van der Waals surface area contributed by atoms with Crippen LogP contribution in [0.5, 0.6) is 0 Å². The molecule has 0 saturated carbocycles. The zero-order valence-electron chi connectivity index (χ0n) is 16.3. The third-order valence-electron chi connectivity index (χ3n) is 5.42. The first kappa shape index (κ1) is 19.6. The number of aromatic nitrogens is 2. The Kier molecular flexibility index (Phi) is 5.16. The van der Waals surface area contributed by atoms with Crippen molar-refractivity contribution in [1.82, 2.24) is 9.78 Å². The standard InChI is InChI=1S/C20H24N4O4S/c1-13(25)21-14-5-4-6-15(11-14)22-20(26)19-17-7-2-3-8-18(17)24(23-19)16-9-10-29(27,28)12-16/h4-6,11,16H,2-3,7-10,12H2,1H3,(H,21,25)(H,22,26). The number of carbonyl (C=O) groups excluding carboxylic acids is 2. The average Bonchev–Trinajstić information content (AvgIpc) is 3.21. The number of anilines is 2. The van der Waals surface area contributed by atoms with Gasteiger partial charge in [0.25, 0.3) is 5.91 Å². The highest BCUT2D eigenvalue weighted by molar-refractivity contribution is 7.91. The molecule has 2 amide bonds. The second-order valence-corrected chi connectivity index (χ2v) is 9.93. The molecule has 29 heavy (non-hydrogen) atoms. The SMILES string of the molecule is CC(=O)Nc1cccc(NC(=O)c2nn(C3CCS(=O)(=O)C3)c3c2CCCC3)c1. The van der Waals surface area contributed by atoms with Gasteiger partial charge in [0, 0.05) is 29.6 Å². The van der Waals surface area contributed by atoms with Crippen molar-refractivity contribution in [3.8, 4) is 0 Å². The Bertz CT molecular complexity index is 1070. The van der Waals surface area contributed by atoms with Crippen LogP contribution in [0.4, 0.5) is 11.4 Å². The summed E-state index contributed by atoms with van der Waals surface area (Å²) in [7, 11) is -3.04. The van der Waals surface area contributed by atoms with Crippen molar-refractivity contribution in [2.45, 2.75) is 45.1 Å². The maximum atomic E-state index is 13.0. The highest BCUT2D eigenvalue weighted by atomic mass is 32.2. The first-order valence-corrected chi connectivity index (χ1v) is 11.6.